The van der Waals surface area contributed by atoms with Gasteiger partial charge < -0.3 is 14.4 Å². The van der Waals surface area contributed by atoms with Crippen molar-refractivity contribution in [2.24, 2.45) is 5.92 Å². The van der Waals surface area contributed by atoms with Gasteiger partial charge in [-0.3, -0.25) is 9.48 Å². The number of hydrogen-bond donors (Lipinski definition) is 0. The summed E-state index contributed by atoms with van der Waals surface area (Å²) in [5, 5.41) is 4.63. The zero-order valence-corrected chi connectivity index (χ0v) is 16.9. The van der Waals surface area contributed by atoms with Crippen LogP contribution in [0.15, 0.2) is 18.2 Å². The average Bonchev–Trinajstić information content (AvgIpc) is 3.18. The molecule has 0 fully saturated rings. The SMILES string of the molecule is CCN(Cc1ccc2c(c1)OCO2)C(=O)Cc1c(C)nn(CC(C)C)c1C. The van der Waals surface area contributed by atoms with Gasteiger partial charge in [-0.15, -0.1) is 0 Å². The number of benzene rings is 1. The Morgan fingerprint density at radius 2 is 2.00 bits per heavy atom. The van der Waals surface area contributed by atoms with Crippen LogP contribution in [0.3, 0.4) is 0 Å². The largest absolute Gasteiger partial charge is 0.454 e. The van der Waals surface area contributed by atoms with Gasteiger partial charge in [-0.2, -0.15) is 5.10 Å². The predicted octanol–water partition coefficient (Wildman–Crippen LogP) is 3.48. The van der Waals surface area contributed by atoms with Crippen molar-refractivity contribution in [2.45, 2.75) is 54.1 Å². The van der Waals surface area contributed by atoms with Crippen molar-refractivity contribution in [1.82, 2.24) is 14.7 Å². The number of hydrogen-bond acceptors (Lipinski definition) is 4. The first-order chi connectivity index (χ1) is 12.9. The lowest BCUT2D eigenvalue weighted by Crippen LogP contribution is -2.31. The van der Waals surface area contributed by atoms with E-state index in [-0.39, 0.29) is 12.7 Å². The number of amides is 1. The summed E-state index contributed by atoms with van der Waals surface area (Å²) in [5.41, 5.74) is 4.12. The minimum atomic E-state index is 0.116. The zero-order chi connectivity index (χ0) is 19.6. The van der Waals surface area contributed by atoms with Gasteiger partial charge in [0.15, 0.2) is 11.5 Å². The van der Waals surface area contributed by atoms with E-state index in [2.05, 4.69) is 25.9 Å². The van der Waals surface area contributed by atoms with Crippen LogP contribution >= 0.6 is 0 Å². The number of aromatic nitrogens is 2. The summed E-state index contributed by atoms with van der Waals surface area (Å²) in [6, 6.07) is 5.84. The van der Waals surface area contributed by atoms with Gasteiger partial charge in [-0.05, 0) is 44.4 Å². The first-order valence-electron chi connectivity index (χ1n) is 9.58. The first-order valence-corrected chi connectivity index (χ1v) is 9.58. The molecule has 0 radical (unpaired) electrons. The van der Waals surface area contributed by atoms with Crippen LogP contribution in [0.25, 0.3) is 0 Å². The molecule has 1 aromatic heterocycles. The maximum atomic E-state index is 13.0. The third kappa shape index (κ3) is 4.26. The summed E-state index contributed by atoms with van der Waals surface area (Å²) in [4.78, 5) is 14.8. The number of fused-ring (bicyclic) bond motifs is 1. The second kappa shape index (κ2) is 8.03. The molecule has 3 rings (SSSR count). The van der Waals surface area contributed by atoms with Crippen molar-refractivity contribution in [3.05, 3.63) is 40.7 Å². The Hall–Kier alpha value is -2.50. The van der Waals surface area contributed by atoms with Crippen LogP contribution in [0.2, 0.25) is 0 Å². The Morgan fingerprint density at radius 1 is 1.26 bits per heavy atom. The van der Waals surface area contributed by atoms with E-state index in [1.54, 1.807) is 0 Å². The van der Waals surface area contributed by atoms with Gasteiger partial charge in [-0.25, -0.2) is 0 Å². The van der Waals surface area contributed by atoms with E-state index in [0.29, 0.717) is 25.4 Å². The van der Waals surface area contributed by atoms with Gasteiger partial charge in [0.1, 0.15) is 0 Å². The normalized spacial score (nSPS) is 12.7. The Labute approximate surface area is 161 Å². The van der Waals surface area contributed by atoms with E-state index in [0.717, 1.165) is 40.6 Å². The van der Waals surface area contributed by atoms with Gasteiger partial charge >= 0.3 is 0 Å². The molecule has 0 atom stereocenters. The Morgan fingerprint density at radius 3 is 2.70 bits per heavy atom. The van der Waals surface area contributed by atoms with Crippen LogP contribution in [0.4, 0.5) is 0 Å². The number of aryl methyl sites for hydroxylation is 1. The summed E-state index contributed by atoms with van der Waals surface area (Å²) < 4.78 is 12.8. The highest BCUT2D eigenvalue weighted by Gasteiger charge is 2.20. The number of nitrogens with zero attached hydrogens (tertiary/aromatic N) is 3. The van der Waals surface area contributed by atoms with Gasteiger partial charge in [0.25, 0.3) is 0 Å². The second-order valence-electron chi connectivity index (χ2n) is 7.50. The third-order valence-electron chi connectivity index (χ3n) is 4.94. The summed E-state index contributed by atoms with van der Waals surface area (Å²) >= 11 is 0. The first kappa shape index (κ1) is 19.3. The molecule has 2 aromatic rings. The molecular formula is C21H29N3O3. The van der Waals surface area contributed by atoms with Crippen molar-refractivity contribution >= 4 is 5.91 Å². The van der Waals surface area contributed by atoms with Crippen LogP contribution in [-0.4, -0.2) is 33.9 Å². The lowest BCUT2D eigenvalue weighted by atomic mass is 10.1. The molecule has 6 nitrogen and oxygen atoms in total. The van der Waals surface area contributed by atoms with Crippen molar-refractivity contribution in [2.75, 3.05) is 13.3 Å². The molecule has 0 saturated carbocycles. The predicted molar refractivity (Wildman–Crippen MR) is 104 cm³/mol. The van der Waals surface area contributed by atoms with Crippen LogP contribution < -0.4 is 9.47 Å². The molecule has 1 amide bonds. The van der Waals surface area contributed by atoms with Crippen LogP contribution in [0.5, 0.6) is 11.5 Å². The van der Waals surface area contributed by atoms with Gasteiger partial charge in [0.05, 0.1) is 12.1 Å². The van der Waals surface area contributed by atoms with Gasteiger partial charge in [-0.1, -0.05) is 19.9 Å². The molecule has 27 heavy (non-hydrogen) atoms. The second-order valence-corrected chi connectivity index (χ2v) is 7.50. The molecule has 2 heterocycles. The van der Waals surface area contributed by atoms with Crippen molar-refractivity contribution in [3.8, 4) is 11.5 Å². The molecule has 6 heteroatoms. The summed E-state index contributed by atoms with van der Waals surface area (Å²) in [5.74, 6) is 2.14. The highest BCUT2D eigenvalue weighted by Crippen LogP contribution is 2.32. The van der Waals surface area contributed by atoms with Gasteiger partial charge in [0.2, 0.25) is 12.7 Å². The highest BCUT2D eigenvalue weighted by atomic mass is 16.7. The standard InChI is InChI=1S/C21H29N3O3/c1-6-23(12-17-7-8-19-20(9-17)27-13-26-19)21(25)10-18-15(4)22-24(16(18)5)11-14(2)3/h7-9,14H,6,10-13H2,1-5H3. The Balaban J connectivity index is 1.71. The quantitative estimate of drug-likeness (QED) is 0.748. The van der Waals surface area contributed by atoms with Crippen molar-refractivity contribution in [1.29, 1.82) is 0 Å². The van der Waals surface area contributed by atoms with E-state index < -0.39 is 0 Å². The minimum absolute atomic E-state index is 0.116. The van der Waals surface area contributed by atoms with E-state index in [4.69, 9.17) is 9.47 Å². The van der Waals surface area contributed by atoms with Crippen LogP contribution in [0, 0.1) is 19.8 Å². The minimum Gasteiger partial charge on any atom is -0.454 e. The smallest absolute Gasteiger partial charge is 0.231 e. The molecular weight excluding hydrogens is 342 g/mol. The summed E-state index contributed by atoms with van der Waals surface area (Å²) in [7, 11) is 0. The third-order valence-corrected chi connectivity index (χ3v) is 4.94. The fourth-order valence-corrected chi connectivity index (χ4v) is 3.41. The molecule has 0 aliphatic carbocycles. The van der Waals surface area contributed by atoms with E-state index in [1.165, 1.54) is 0 Å². The molecule has 0 unspecified atom stereocenters. The summed E-state index contributed by atoms with van der Waals surface area (Å²) in [6.45, 7) is 12.7. The maximum absolute atomic E-state index is 13.0. The molecule has 1 aliphatic heterocycles. The van der Waals surface area contributed by atoms with Crippen LogP contribution in [-0.2, 0) is 24.3 Å². The van der Waals surface area contributed by atoms with E-state index in [9.17, 15) is 4.79 Å². The lowest BCUT2D eigenvalue weighted by molar-refractivity contribution is -0.130. The highest BCUT2D eigenvalue weighted by molar-refractivity contribution is 5.79. The van der Waals surface area contributed by atoms with Gasteiger partial charge in [0, 0.05) is 30.9 Å². The maximum Gasteiger partial charge on any atom is 0.231 e. The Bertz CT molecular complexity index is 826. The number of likely N-dealkylation sites (N-methyl/N-ethyl adjacent to an activating group) is 1. The lowest BCUT2D eigenvalue weighted by Gasteiger charge is -2.21. The molecule has 0 bridgehead atoms. The monoisotopic (exact) mass is 371 g/mol. The molecule has 0 saturated heterocycles. The van der Waals surface area contributed by atoms with Crippen molar-refractivity contribution < 1.29 is 14.3 Å². The molecule has 0 N–H and O–H groups in total. The van der Waals surface area contributed by atoms with Crippen molar-refractivity contribution in [3.63, 3.8) is 0 Å². The molecule has 146 valence electrons. The Kier molecular flexibility index (Phi) is 5.73. The van der Waals surface area contributed by atoms with Crippen LogP contribution in [0.1, 0.15) is 43.3 Å². The number of carbonyl (C=O) groups is 1. The number of rotatable bonds is 7. The molecule has 1 aromatic carbocycles. The molecule has 1 aliphatic rings. The number of carbonyl (C=O) groups excluding carboxylic acids is 1. The van der Waals surface area contributed by atoms with E-state index in [1.807, 2.05) is 41.6 Å². The topological polar surface area (TPSA) is 56.6 Å². The fraction of sp³-hybridized carbons (Fsp3) is 0.524. The average molecular weight is 371 g/mol. The zero-order valence-electron chi connectivity index (χ0n) is 16.9. The fourth-order valence-electron chi connectivity index (χ4n) is 3.41. The number of ether oxygens (including phenoxy) is 2. The van der Waals surface area contributed by atoms with E-state index >= 15 is 0 Å². The molecule has 0 spiro atoms. The summed E-state index contributed by atoms with van der Waals surface area (Å²) in [6.07, 6.45) is 0.383.